The smallest absolute Gasteiger partial charge is 0.374 e. The van der Waals surface area contributed by atoms with Crippen LogP contribution in [0.5, 0.6) is 0 Å². The average Bonchev–Trinajstić information content (AvgIpc) is 2.91. The maximum atomic E-state index is 11.9. The van der Waals surface area contributed by atoms with Crippen LogP contribution >= 0.6 is 23.2 Å². The third-order valence-corrected chi connectivity index (χ3v) is 2.94. The standard InChI is InChI=1S/C14H11Cl2NO4/c1-8(21-14(19)12-3-2-4-20-12)13(18)17-11-6-9(15)5-10(16)7-11/h2-8H,1H3,(H,17,18). The van der Waals surface area contributed by atoms with Crippen molar-refractivity contribution in [2.24, 2.45) is 0 Å². The Bertz CT molecular complexity index is 635. The largest absolute Gasteiger partial charge is 0.457 e. The minimum atomic E-state index is -1.000. The van der Waals surface area contributed by atoms with Crippen molar-refractivity contribution in [2.75, 3.05) is 5.32 Å². The lowest BCUT2D eigenvalue weighted by atomic mass is 10.3. The topological polar surface area (TPSA) is 68.5 Å². The lowest BCUT2D eigenvalue weighted by Gasteiger charge is -2.13. The lowest BCUT2D eigenvalue weighted by Crippen LogP contribution is -2.29. The molecule has 1 aromatic heterocycles. The summed E-state index contributed by atoms with van der Waals surface area (Å²) in [4.78, 5) is 23.6. The van der Waals surface area contributed by atoms with Crippen LogP contribution < -0.4 is 5.32 Å². The Labute approximate surface area is 130 Å². The molecule has 2 aromatic rings. The molecule has 1 aromatic carbocycles. The van der Waals surface area contributed by atoms with Gasteiger partial charge in [-0.15, -0.1) is 0 Å². The van der Waals surface area contributed by atoms with Crippen molar-refractivity contribution in [1.82, 2.24) is 0 Å². The van der Waals surface area contributed by atoms with Gasteiger partial charge in [0.25, 0.3) is 5.91 Å². The van der Waals surface area contributed by atoms with E-state index in [-0.39, 0.29) is 5.76 Å². The molecule has 0 aliphatic carbocycles. The number of amides is 1. The van der Waals surface area contributed by atoms with Gasteiger partial charge in [0.1, 0.15) is 0 Å². The number of carbonyl (C=O) groups is 2. The molecule has 0 bridgehead atoms. The number of hydrogen-bond donors (Lipinski definition) is 1. The SMILES string of the molecule is CC(OC(=O)c1ccco1)C(=O)Nc1cc(Cl)cc(Cl)c1. The van der Waals surface area contributed by atoms with Gasteiger partial charge in [-0.25, -0.2) is 4.79 Å². The van der Waals surface area contributed by atoms with Crippen molar-refractivity contribution in [1.29, 1.82) is 0 Å². The second kappa shape index (κ2) is 6.65. The van der Waals surface area contributed by atoms with Crippen molar-refractivity contribution >= 4 is 40.8 Å². The van der Waals surface area contributed by atoms with E-state index in [1.54, 1.807) is 12.1 Å². The molecule has 7 heteroatoms. The number of furan rings is 1. The molecule has 1 atom stereocenters. The molecule has 5 nitrogen and oxygen atoms in total. The normalized spacial score (nSPS) is 11.8. The molecule has 110 valence electrons. The summed E-state index contributed by atoms with van der Waals surface area (Å²) < 4.78 is 9.86. The Morgan fingerprint density at radius 2 is 1.90 bits per heavy atom. The summed E-state index contributed by atoms with van der Waals surface area (Å²) in [6.07, 6.45) is 0.343. The molecule has 1 N–H and O–H groups in total. The number of esters is 1. The molecule has 0 aliphatic rings. The summed E-state index contributed by atoms with van der Waals surface area (Å²) in [5.41, 5.74) is 0.415. The molecule has 1 unspecified atom stereocenters. The van der Waals surface area contributed by atoms with Crippen molar-refractivity contribution in [3.8, 4) is 0 Å². The number of ether oxygens (including phenoxy) is 1. The first-order valence-corrected chi connectivity index (χ1v) is 6.73. The van der Waals surface area contributed by atoms with Crippen LogP contribution in [0.15, 0.2) is 41.0 Å². The van der Waals surface area contributed by atoms with E-state index in [9.17, 15) is 9.59 Å². The van der Waals surface area contributed by atoms with Crippen LogP contribution in [0.25, 0.3) is 0 Å². The van der Waals surface area contributed by atoms with Gasteiger partial charge in [0, 0.05) is 15.7 Å². The molecule has 0 radical (unpaired) electrons. The predicted octanol–water partition coefficient (Wildman–Crippen LogP) is 3.77. The van der Waals surface area contributed by atoms with Crippen molar-refractivity contribution in [3.63, 3.8) is 0 Å². The van der Waals surface area contributed by atoms with E-state index in [4.69, 9.17) is 32.4 Å². The van der Waals surface area contributed by atoms with Crippen LogP contribution in [0, 0.1) is 0 Å². The Kier molecular flexibility index (Phi) is 4.88. The Hall–Kier alpha value is -1.98. The van der Waals surface area contributed by atoms with Crippen LogP contribution in [0.4, 0.5) is 5.69 Å². The zero-order valence-electron chi connectivity index (χ0n) is 10.9. The maximum Gasteiger partial charge on any atom is 0.374 e. The number of hydrogen-bond acceptors (Lipinski definition) is 4. The fraction of sp³-hybridized carbons (Fsp3) is 0.143. The number of halogens is 2. The number of carbonyl (C=O) groups excluding carboxylic acids is 2. The summed E-state index contributed by atoms with van der Waals surface area (Å²) in [6, 6.07) is 7.61. The van der Waals surface area contributed by atoms with E-state index < -0.39 is 18.0 Å². The second-order valence-corrected chi connectivity index (χ2v) is 5.05. The van der Waals surface area contributed by atoms with E-state index in [1.165, 1.54) is 31.4 Å². The summed E-state index contributed by atoms with van der Waals surface area (Å²) in [5, 5.41) is 3.33. The van der Waals surface area contributed by atoms with Crippen molar-refractivity contribution in [2.45, 2.75) is 13.0 Å². The molecule has 2 rings (SSSR count). The molecular formula is C14H11Cl2NO4. The predicted molar refractivity (Wildman–Crippen MR) is 78.7 cm³/mol. The van der Waals surface area contributed by atoms with Crippen LogP contribution in [0.1, 0.15) is 17.5 Å². The summed E-state index contributed by atoms with van der Waals surface area (Å²) in [7, 11) is 0. The quantitative estimate of drug-likeness (QED) is 0.868. The van der Waals surface area contributed by atoms with Crippen LogP contribution in [-0.4, -0.2) is 18.0 Å². The first-order chi connectivity index (χ1) is 9.95. The number of benzene rings is 1. The molecule has 1 heterocycles. The number of rotatable bonds is 4. The van der Waals surface area contributed by atoms with E-state index >= 15 is 0 Å². The zero-order valence-corrected chi connectivity index (χ0v) is 12.4. The number of nitrogens with one attached hydrogen (secondary N) is 1. The molecule has 0 spiro atoms. The highest BCUT2D eigenvalue weighted by atomic mass is 35.5. The Balaban J connectivity index is 1.98. The van der Waals surface area contributed by atoms with Gasteiger partial charge in [-0.05, 0) is 37.3 Å². The Morgan fingerprint density at radius 1 is 1.24 bits per heavy atom. The molecule has 0 saturated carbocycles. The molecule has 0 saturated heterocycles. The molecule has 1 amide bonds. The fourth-order valence-corrected chi connectivity index (χ4v) is 2.06. The van der Waals surface area contributed by atoms with E-state index in [0.29, 0.717) is 15.7 Å². The van der Waals surface area contributed by atoms with Crippen molar-refractivity contribution < 1.29 is 18.7 Å². The molecule has 21 heavy (non-hydrogen) atoms. The minimum Gasteiger partial charge on any atom is -0.457 e. The van der Waals surface area contributed by atoms with E-state index in [1.807, 2.05) is 0 Å². The minimum absolute atomic E-state index is 0.0282. The number of anilines is 1. The van der Waals surface area contributed by atoms with Gasteiger partial charge < -0.3 is 14.5 Å². The van der Waals surface area contributed by atoms with Gasteiger partial charge in [0.15, 0.2) is 6.10 Å². The summed E-state index contributed by atoms with van der Waals surface area (Å²) >= 11 is 11.7. The zero-order chi connectivity index (χ0) is 15.4. The second-order valence-electron chi connectivity index (χ2n) is 4.17. The maximum absolute atomic E-state index is 11.9. The van der Waals surface area contributed by atoms with Gasteiger partial charge in [0.05, 0.1) is 6.26 Å². The van der Waals surface area contributed by atoms with Crippen molar-refractivity contribution in [3.05, 3.63) is 52.4 Å². The third-order valence-electron chi connectivity index (χ3n) is 2.51. The summed E-state index contributed by atoms with van der Waals surface area (Å²) in [5.74, 6) is -1.19. The average molecular weight is 328 g/mol. The van der Waals surface area contributed by atoms with Crippen LogP contribution in [0.2, 0.25) is 10.0 Å². The van der Waals surface area contributed by atoms with Crippen LogP contribution in [-0.2, 0) is 9.53 Å². The molecular weight excluding hydrogens is 317 g/mol. The highest BCUT2D eigenvalue weighted by Gasteiger charge is 2.20. The first kappa shape index (κ1) is 15.4. The highest BCUT2D eigenvalue weighted by Crippen LogP contribution is 2.22. The van der Waals surface area contributed by atoms with Gasteiger partial charge >= 0.3 is 5.97 Å². The third kappa shape index (κ3) is 4.24. The van der Waals surface area contributed by atoms with Crippen LogP contribution in [0.3, 0.4) is 0 Å². The summed E-state index contributed by atoms with van der Waals surface area (Å²) in [6.45, 7) is 1.45. The molecule has 0 aliphatic heterocycles. The Morgan fingerprint density at radius 3 is 2.48 bits per heavy atom. The van der Waals surface area contributed by atoms with E-state index in [2.05, 4.69) is 5.32 Å². The van der Waals surface area contributed by atoms with Gasteiger partial charge in [0.2, 0.25) is 5.76 Å². The van der Waals surface area contributed by atoms with E-state index in [0.717, 1.165) is 0 Å². The van der Waals surface area contributed by atoms with Gasteiger partial charge in [-0.3, -0.25) is 4.79 Å². The highest BCUT2D eigenvalue weighted by molar-refractivity contribution is 6.35. The molecule has 0 fully saturated rings. The first-order valence-electron chi connectivity index (χ1n) is 5.97. The van der Waals surface area contributed by atoms with Gasteiger partial charge in [-0.2, -0.15) is 0 Å². The lowest BCUT2D eigenvalue weighted by molar-refractivity contribution is -0.123. The monoisotopic (exact) mass is 327 g/mol. The fourth-order valence-electron chi connectivity index (χ4n) is 1.54. The van der Waals surface area contributed by atoms with Gasteiger partial charge in [-0.1, -0.05) is 23.2 Å².